The van der Waals surface area contributed by atoms with E-state index in [9.17, 15) is 8.42 Å². The molecule has 0 radical (unpaired) electrons. The lowest BCUT2D eigenvalue weighted by Crippen LogP contribution is -2.43. The molecule has 0 spiro atoms. The molecular weight excluding hydrogens is 346 g/mol. The first kappa shape index (κ1) is 21.4. The van der Waals surface area contributed by atoms with Crippen LogP contribution in [0.25, 0.3) is 0 Å². The van der Waals surface area contributed by atoms with Gasteiger partial charge in [0.15, 0.2) is 0 Å². The summed E-state index contributed by atoms with van der Waals surface area (Å²) >= 11 is 0. The topological polar surface area (TPSA) is 75.4 Å². The smallest absolute Gasteiger partial charge is 0.279 e. The minimum Gasteiger partial charge on any atom is -0.323 e. The van der Waals surface area contributed by atoms with E-state index < -0.39 is 10.2 Å². The van der Waals surface area contributed by atoms with Crippen LogP contribution in [-0.4, -0.2) is 32.4 Å². The van der Waals surface area contributed by atoms with Crippen molar-refractivity contribution in [2.45, 2.75) is 51.5 Å². The molecule has 24 heavy (non-hydrogen) atoms. The minimum atomic E-state index is -3.43. The molecule has 7 heteroatoms. The summed E-state index contributed by atoms with van der Waals surface area (Å²) in [5.41, 5.74) is 8.35. The number of benzene rings is 1. The summed E-state index contributed by atoms with van der Waals surface area (Å²) in [6, 6.07) is 7.75. The molecule has 1 fully saturated rings. The van der Waals surface area contributed by atoms with Crippen LogP contribution in [0.15, 0.2) is 24.3 Å². The fraction of sp³-hybridized carbons (Fsp3) is 0.647. The summed E-state index contributed by atoms with van der Waals surface area (Å²) in [7, 11) is -3.43. The van der Waals surface area contributed by atoms with Crippen molar-refractivity contribution in [3.8, 4) is 0 Å². The Bertz CT molecular complexity index is 582. The van der Waals surface area contributed by atoms with Crippen LogP contribution in [0, 0.1) is 0 Å². The molecule has 0 aromatic heterocycles. The van der Waals surface area contributed by atoms with Crippen molar-refractivity contribution in [3.05, 3.63) is 35.4 Å². The van der Waals surface area contributed by atoms with Gasteiger partial charge >= 0.3 is 0 Å². The fourth-order valence-electron chi connectivity index (χ4n) is 2.81. The van der Waals surface area contributed by atoms with Gasteiger partial charge in [-0.1, -0.05) is 51.0 Å². The van der Waals surface area contributed by atoms with Crippen molar-refractivity contribution >= 4 is 22.6 Å². The molecule has 1 aliphatic heterocycles. The van der Waals surface area contributed by atoms with Gasteiger partial charge in [-0.25, -0.2) is 4.72 Å². The first-order valence-corrected chi connectivity index (χ1v) is 9.94. The predicted octanol–water partition coefficient (Wildman–Crippen LogP) is 2.94. The van der Waals surface area contributed by atoms with E-state index in [0.717, 1.165) is 31.2 Å². The molecule has 1 heterocycles. The third kappa shape index (κ3) is 6.01. The van der Waals surface area contributed by atoms with E-state index in [-0.39, 0.29) is 25.0 Å². The van der Waals surface area contributed by atoms with E-state index in [4.69, 9.17) is 5.73 Å². The normalized spacial score (nSPS) is 18.0. The Morgan fingerprint density at radius 1 is 1.04 bits per heavy atom. The van der Waals surface area contributed by atoms with Crippen molar-refractivity contribution in [2.75, 3.05) is 19.6 Å². The maximum atomic E-state index is 12.4. The van der Waals surface area contributed by atoms with Gasteiger partial charge in [-0.2, -0.15) is 12.7 Å². The van der Waals surface area contributed by atoms with Crippen LogP contribution in [0.4, 0.5) is 0 Å². The molecule has 138 valence electrons. The Balaban J connectivity index is 0.00000288. The third-order valence-electron chi connectivity index (χ3n) is 4.42. The largest absolute Gasteiger partial charge is 0.323 e. The number of nitrogens with two attached hydrogens (primary N) is 1. The zero-order valence-corrected chi connectivity index (χ0v) is 16.2. The number of hydrogen-bond acceptors (Lipinski definition) is 3. The minimum absolute atomic E-state index is 0. The maximum Gasteiger partial charge on any atom is 0.279 e. The summed E-state index contributed by atoms with van der Waals surface area (Å²) in [6.45, 7) is 5.72. The van der Waals surface area contributed by atoms with Crippen molar-refractivity contribution < 1.29 is 8.42 Å². The quantitative estimate of drug-likeness (QED) is 0.802. The van der Waals surface area contributed by atoms with E-state index in [1.807, 2.05) is 12.1 Å². The number of rotatable bonds is 6. The average Bonchev–Trinajstić information content (AvgIpc) is 2.82. The standard InChI is InChI=1S/C17H29N3O2S.ClH/c1-14(2)15-7-9-16(10-8-15)17(18)13-19-23(21,22)20-11-5-3-4-6-12-20;/h7-10,14,17,19H,3-6,11-13,18H2,1-2H3;1H. The zero-order chi connectivity index (χ0) is 16.9. The molecule has 5 nitrogen and oxygen atoms in total. The average molecular weight is 376 g/mol. The lowest BCUT2D eigenvalue weighted by atomic mass is 9.99. The molecule has 1 aromatic rings. The second-order valence-electron chi connectivity index (χ2n) is 6.59. The summed E-state index contributed by atoms with van der Waals surface area (Å²) in [5.74, 6) is 0.474. The highest BCUT2D eigenvalue weighted by atomic mass is 35.5. The van der Waals surface area contributed by atoms with Crippen LogP contribution in [0.5, 0.6) is 0 Å². The highest BCUT2D eigenvalue weighted by Crippen LogP contribution is 2.18. The van der Waals surface area contributed by atoms with E-state index in [1.165, 1.54) is 5.56 Å². The van der Waals surface area contributed by atoms with Gasteiger partial charge in [-0.05, 0) is 29.9 Å². The molecule has 1 aromatic carbocycles. The molecule has 3 N–H and O–H groups in total. The fourth-order valence-corrected chi connectivity index (χ4v) is 4.13. The van der Waals surface area contributed by atoms with E-state index in [2.05, 4.69) is 30.7 Å². The SMILES string of the molecule is CC(C)c1ccc(C(N)CNS(=O)(=O)N2CCCCCC2)cc1.Cl. The Labute approximate surface area is 152 Å². The zero-order valence-electron chi connectivity index (χ0n) is 14.6. The van der Waals surface area contributed by atoms with Crippen LogP contribution in [-0.2, 0) is 10.2 Å². The van der Waals surface area contributed by atoms with Crippen LogP contribution >= 0.6 is 12.4 Å². The maximum absolute atomic E-state index is 12.4. The highest BCUT2D eigenvalue weighted by Gasteiger charge is 2.23. The van der Waals surface area contributed by atoms with Crippen molar-refractivity contribution in [1.29, 1.82) is 0 Å². The van der Waals surface area contributed by atoms with Gasteiger partial charge in [0.1, 0.15) is 0 Å². The first-order valence-electron chi connectivity index (χ1n) is 8.50. The Morgan fingerprint density at radius 2 is 1.54 bits per heavy atom. The Morgan fingerprint density at radius 3 is 2.04 bits per heavy atom. The number of nitrogens with zero attached hydrogens (tertiary/aromatic N) is 1. The first-order chi connectivity index (χ1) is 10.9. The second-order valence-corrected chi connectivity index (χ2v) is 8.35. The number of hydrogen-bond donors (Lipinski definition) is 2. The second kappa shape index (κ2) is 9.73. The summed E-state index contributed by atoms with van der Waals surface area (Å²) in [5, 5.41) is 0. The molecule has 1 saturated heterocycles. The molecule has 0 bridgehead atoms. The number of halogens is 1. The molecule has 0 saturated carbocycles. The van der Waals surface area contributed by atoms with Crippen LogP contribution in [0.1, 0.15) is 62.6 Å². The summed E-state index contributed by atoms with van der Waals surface area (Å²) < 4.78 is 29.0. The van der Waals surface area contributed by atoms with Crippen molar-refractivity contribution in [2.24, 2.45) is 5.73 Å². The van der Waals surface area contributed by atoms with Gasteiger partial charge in [0.2, 0.25) is 0 Å². The lowest BCUT2D eigenvalue weighted by Gasteiger charge is -2.22. The van der Waals surface area contributed by atoms with Crippen LogP contribution in [0.2, 0.25) is 0 Å². The van der Waals surface area contributed by atoms with Gasteiger partial charge in [0, 0.05) is 25.7 Å². The van der Waals surface area contributed by atoms with Crippen LogP contribution in [0.3, 0.4) is 0 Å². The molecular formula is C17H30ClN3O2S. The molecule has 1 aliphatic rings. The van der Waals surface area contributed by atoms with Crippen molar-refractivity contribution in [3.63, 3.8) is 0 Å². The summed E-state index contributed by atoms with van der Waals surface area (Å²) in [4.78, 5) is 0. The Hall–Kier alpha value is -0.660. The molecule has 1 atom stereocenters. The molecule has 1 unspecified atom stereocenters. The van der Waals surface area contributed by atoms with E-state index in [1.54, 1.807) is 4.31 Å². The predicted molar refractivity (Wildman–Crippen MR) is 102 cm³/mol. The van der Waals surface area contributed by atoms with E-state index >= 15 is 0 Å². The Kier molecular flexibility index (Phi) is 8.67. The highest BCUT2D eigenvalue weighted by molar-refractivity contribution is 7.87. The van der Waals surface area contributed by atoms with Crippen molar-refractivity contribution in [1.82, 2.24) is 9.03 Å². The summed E-state index contributed by atoms with van der Waals surface area (Å²) in [6.07, 6.45) is 4.08. The van der Waals surface area contributed by atoms with Gasteiger partial charge < -0.3 is 5.73 Å². The molecule has 0 amide bonds. The third-order valence-corrected chi connectivity index (χ3v) is 6.00. The van der Waals surface area contributed by atoms with Gasteiger partial charge in [0.25, 0.3) is 10.2 Å². The number of nitrogens with one attached hydrogen (secondary N) is 1. The van der Waals surface area contributed by atoms with E-state index in [0.29, 0.717) is 19.0 Å². The van der Waals surface area contributed by atoms with Crippen LogP contribution < -0.4 is 10.5 Å². The van der Waals surface area contributed by atoms with Gasteiger partial charge in [0.05, 0.1) is 0 Å². The molecule has 0 aliphatic carbocycles. The van der Waals surface area contributed by atoms with Gasteiger partial charge in [-0.3, -0.25) is 0 Å². The monoisotopic (exact) mass is 375 g/mol. The van der Waals surface area contributed by atoms with Gasteiger partial charge in [-0.15, -0.1) is 12.4 Å². The molecule has 2 rings (SSSR count). The lowest BCUT2D eigenvalue weighted by molar-refractivity contribution is 0.413.